The van der Waals surface area contributed by atoms with Gasteiger partial charge in [-0.3, -0.25) is 0 Å². The van der Waals surface area contributed by atoms with Gasteiger partial charge in [-0.25, -0.2) is 13.1 Å². The van der Waals surface area contributed by atoms with Crippen LogP contribution >= 0.6 is 0 Å². The maximum atomic E-state index is 11.9. The first kappa shape index (κ1) is 13.0. The lowest BCUT2D eigenvalue weighted by Crippen LogP contribution is -2.31. The first-order valence-electron chi connectivity index (χ1n) is 4.87. The number of hydrogen-bond donors (Lipinski definition) is 3. The molecule has 6 heteroatoms. The minimum absolute atomic E-state index is 0.0316. The number of aryl methyl sites for hydroxylation is 1. The van der Waals surface area contributed by atoms with Crippen LogP contribution in [-0.2, 0) is 10.0 Å². The van der Waals surface area contributed by atoms with Gasteiger partial charge in [0.1, 0.15) is 4.90 Å². The molecule has 1 aromatic rings. The number of benzene rings is 1. The Hall–Kier alpha value is -1.11. The standard InChI is InChI=1S/C10H16N2O3S/c1-7-4-3-5-9(11)10(7)16(14,15)12-6-8(2)13/h3-5,8,12-13H,6,11H2,1-2H3/t8-/m0/s1. The first-order chi connectivity index (χ1) is 7.34. The van der Waals surface area contributed by atoms with Crippen molar-refractivity contribution in [1.82, 2.24) is 4.72 Å². The highest BCUT2D eigenvalue weighted by Gasteiger charge is 2.19. The molecule has 1 rings (SSSR count). The molecule has 0 spiro atoms. The maximum Gasteiger partial charge on any atom is 0.242 e. The van der Waals surface area contributed by atoms with Crippen LogP contribution in [-0.4, -0.2) is 26.2 Å². The summed E-state index contributed by atoms with van der Waals surface area (Å²) in [6.07, 6.45) is -0.736. The Morgan fingerprint density at radius 2 is 2.12 bits per heavy atom. The summed E-state index contributed by atoms with van der Waals surface area (Å²) in [6, 6.07) is 4.90. The second-order valence-corrected chi connectivity index (χ2v) is 5.40. The predicted octanol–water partition coefficient (Wildman–Crippen LogP) is 0.236. The van der Waals surface area contributed by atoms with Crippen LogP contribution in [0, 0.1) is 6.92 Å². The maximum absolute atomic E-state index is 11.9. The molecule has 0 aliphatic heterocycles. The monoisotopic (exact) mass is 244 g/mol. The molecule has 0 radical (unpaired) electrons. The Bertz CT molecular complexity index is 449. The summed E-state index contributed by atoms with van der Waals surface area (Å²) >= 11 is 0. The van der Waals surface area contributed by atoms with Crippen molar-refractivity contribution in [3.05, 3.63) is 23.8 Å². The number of nitrogens with one attached hydrogen (secondary N) is 1. The van der Waals surface area contributed by atoms with Crippen molar-refractivity contribution in [1.29, 1.82) is 0 Å². The molecule has 0 saturated carbocycles. The van der Waals surface area contributed by atoms with Crippen LogP contribution in [0.5, 0.6) is 0 Å². The minimum atomic E-state index is -3.65. The summed E-state index contributed by atoms with van der Waals surface area (Å²) in [4.78, 5) is 0.0793. The fourth-order valence-corrected chi connectivity index (χ4v) is 2.82. The van der Waals surface area contributed by atoms with Gasteiger partial charge < -0.3 is 10.8 Å². The van der Waals surface area contributed by atoms with E-state index in [4.69, 9.17) is 10.8 Å². The molecule has 0 amide bonds. The Balaban J connectivity index is 3.08. The highest BCUT2D eigenvalue weighted by molar-refractivity contribution is 7.89. The van der Waals surface area contributed by atoms with E-state index < -0.39 is 16.1 Å². The van der Waals surface area contributed by atoms with Crippen molar-refractivity contribution < 1.29 is 13.5 Å². The Morgan fingerprint density at radius 1 is 1.50 bits per heavy atom. The van der Waals surface area contributed by atoms with Crippen molar-refractivity contribution in [3.8, 4) is 0 Å². The molecule has 0 heterocycles. The van der Waals surface area contributed by atoms with Crippen molar-refractivity contribution in [2.45, 2.75) is 24.8 Å². The van der Waals surface area contributed by atoms with Crippen LogP contribution in [0.4, 0.5) is 5.69 Å². The molecule has 0 aliphatic rings. The normalized spacial score (nSPS) is 13.7. The zero-order valence-electron chi connectivity index (χ0n) is 9.27. The molecule has 90 valence electrons. The molecular formula is C10H16N2O3S. The number of nitrogens with two attached hydrogens (primary N) is 1. The van der Waals surface area contributed by atoms with Crippen molar-refractivity contribution >= 4 is 15.7 Å². The second-order valence-electron chi connectivity index (χ2n) is 3.69. The smallest absolute Gasteiger partial charge is 0.242 e. The number of nitrogen functional groups attached to an aromatic ring is 1. The zero-order valence-corrected chi connectivity index (χ0v) is 10.1. The van der Waals surface area contributed by atoms with Crippen LogP contribution in [0.15, 0.2) is 23.1 Å². The van der Waals surface area contributed by atoms with E-state index in [0.717, 1.165) is 0 Å². The number of sulfonamides is 1. The molecule has 0 unspecified atom stereocenters. The summed E-state index contributed by atoms with van der Waals surface area (Å²) < 4.78 is 26.1. The number of rotatable bonds is 4. The Kier molecular flexibility index (Phi) is 3.90. The van der Waals surface area contributed by atoms with Crippen LogP contribution in [0.2, 0.25) is 0 Å². The van der Waals surface area contributed by atoms with Gasteiger partial charge in [0.2, 0.25) is 10.0 Å². The molecule has 16 heavy (non-hydrogen) atoms. The van der Waals surface area contributed by atoms with Gasteiger partial charge in [-0.05, 0) is 25.5 Å². The topological polar surface area (TPSA) is 92.4 Å². The van der Waals surface area contributed by atoms with Gasteiger partial charge in [-0.2, -0.15) is 0 Å². The van der Waals surface area contributed by atoms with Crippen molar-refractivity contribution in [3.63, 3.8) is 0 Å². The van der Waals surface area contributed by atoms with E-state index in [1.807, 2.05) is 0 Å². The number of aliphatic hydroxyl groups is 1. The van der Waals surface area contributed by atoms with Gasteiger partial charge in [0, 0.05) is 6.54 Å². The van der Waals surface area contributed by atoms with Gasteiger partial charge in [-0.15, -0.1) is 0 Å². The quantitative estimate of drug-likeness (QED) is 0.661. The molecule has 0 aromatic heterocycles. The fourth-order valence-electron chi connectivity index (χ4n) is 1.34. The summed E-state index contributed by atoms with van der Waals surface area (Å²) in [7, 11) is -3.65. The third-order valence-electron chi connectivity index (χ3n) is 2.08. The van der Waals surface area contributed by atoms with Gasteiger partial charge in [0.15, 0.2) is 0 Å². The number of aliphatic hydroxyl groups excluding tert-OH is 1. The highest BCUT2D eigenvalue weighted by atomic mass is 32.2. The van der Waals surface area contributed by atoms with Crippen LogP contribution in [0.25, 0.3) is 0 Å². The molecular weight excluding hydrogens is 228 g/mol. The lowest BCUT2D eigenvalue weighted by molar-refractivity contribution is 0.198. The Labute approximate surface area is 95.3 Å². The van der Waals surface area contributed by atoms with E-state index in [9.17, 15) is 8.42 Å². The van der Waals surface area contributed by atoms with Gasteiger partial charge in [0.05, 0.1) is 11.8 Å². The van der Waals surface area contributed by atoms with E-state index in [0.29, 0.717) is 5.56 Å². The highest BCUT2D eigenvalue weighted by Crippen LogP contribution is 2.21. The lowest BCUT2D eigenvalue weighted by atomic mass is 10.2. The van der Waals surface area contributed by atoms with E-state index in [1.54, 1.807) is 19.1 Å². The average molecular weight is 244 g/mol. The molecule has 0 fully saturated rings. The third-order valence-corrected chi connectivity index (χ3v) is 3.72. The number of anilines is 1. The van der Waals surface area contributed by atoms with Crippen molar-refractivity contribution in [2.24, 2.45) is 0 Å². The SMILES string of the molecule is Cc1cccc(N)c1S(=O)(=O)NC[C@H](C)O. The first-order valence-corrected chi connectivity index (χ1v) is 6.35. The third kappa shape index (κ3) is 2.94. The van der Waals surface area contributed by atoms with Gasteiger partial charge >= 0.3 is 0 Å². The van der Waals surface area contributed by atoms with E-state index >= 15 is 0 Å². The molecule has 1 atom stereocenters. The van der Waals surface area contributed by atoms with E-state index in [-0.39, 0.29) is 17.1 Å². The minimum Gasteiger partial charge on any atom is -0.398 e. The average Bonchev–Trinajstić information content (AvgIpc) is 2.14. The fraction of sp³-hybridized carbons (Fsp3) is 0.400. The molecule has 0 saturated heterocycles. The molecule has 4 N–H and O–H groups in total. The predicted molar refractivity (Wildman–Crippen MR) is 62.5 cm³/mol. The van der Waals surface area contributed by atoms with E-state index in [2.05, 4.69) is 4.72 Å². The summed E-state index contributed by atoms with van der Waals surface area (Å²) in [6.45, 7) is 3.15. The molecule has 1 aromatic carbocycles. The molecule has 0 aliphatic carbocycles. The van der Waals surface area contributed by atoms with Crippen LogP contribution in [0.3, 0.4) is 0 Å². The largest absolute Gasteiger partial charge is 0.398 e. The van der Waals surface area contributed by atoms with E-state index in [1.165, 1.54) is 13.0 Å². The summed E-state index contributed by atoms with van der Waals surface area (Å²) in [5.41, 5.74) is 6.42. The molecule has 0 bridgehead atoms. The summed E-state index contributed by atoms with van der Waals surface area (Å²) in [5, 5.41) is 9.04. The zero-order chi connectivity index (χ0) is 12.3. The summed E-state index contributed by atoms with van der Waals surface area (Å²) in [5.74, 6) is 0. The van der Waals surface area contributed by atoms with Crippen molar-refractivity contribution in [2.75, 3.05) is 12.3 Å². The van der Waals surface area contributed by atoms with Gasteiger partial charge in [0.25, 0.3) is 0 Å². The molecule has 5 nitrogen and oxygen atoms in total. The van der Waals surface area contributed by atoms with Crippen LogP contribution < -0.4 is 10.5 Å². The van der Waals surface area contributed by atoms with Crippen LogP contribution in [0.1, 0.15) is 12.5 Å². The lowest BCUT2D eigenvalue weighted by Gasteiger charge is -2.12. The number of hydrogen-bond acceptors (Lipinski definition) is 4. The Morgan fingerprint density at radius 3 is 2.62 bits per heavy atom. The second kappa shape index (κ2) is 4.82. The van der Waals surface area contributed by atoms with Gasteiger partial charge in [-0.1, -0.05) is 12.1 Å².